The standard InChI is InChI=1S/C13H9F3O/c1-17-13-10(14)7-9(11(15)12(13)16)8-5-3-2-4-6-8/h2-7H,1H3. The van der Waals surface area contributed by atoms with E-state index in [-0.39, 0.29) is 5.56 Å². The van der Waals surface area contributed by atoms with Crippen molar-refractivity contribution < 1.29 is 17.9 Å². The second kappa shape index (κ2) is 4.49. The summed E-state index contributed by atoms with van der Waals surface area (Å²) in [5.74, 6) is -4.06. The Balaban J connectivity index is 2.65. The van der Waals surface area contributed by atoms with Crippen molar-refractivity contribution in [2.45, 2.75) is 0 Å². The fourth-order valence-corrected chi connectivity index (χ4v) is 1.59. The first-order valence-electron chi connectivity index (χ1n) is 4.92. The molecule has 0 atom stereocenters. The van der Waals surface area contributed by atoms with Crippen LogP contribution in [0, 0.1) is 17.5 Å². The summed E-state index contributed by atoms with van der Waals surface area (Å²) < 4.78 is 45.1. The first-order valence-corrected chi connectivity index (χ1v) is 4.92. The Morgan fingerprint density at radius 2 is 1.59 bits per heavy atom. The van der Waals surface area contributed by atoms with Crippen molar-refractivity contribution in [2.75, 3.05) is 7.11 Å². The minimum Gasteiger partial charge on any atom is -0.491 e. The van der Waals surface area contributed by atoms with Crippen LogP contribution in [0.25, 0.3) is 11.1 Å². The van der Waals surface area contributed by atoms with Crippen molar-refractivity contribution in [3.63, 3.8) is 0 Å². The summed E-state index contributed by atoms with van der Waals surface area (Å²) in [6, 6.07) is 9.13. The molecule has 0 bridgehead atoms. The van der Waals surface area contributed by atoms with Crippen LogP contribution >= 0.6 is 0 Å². The number of hydrogen-bond acceptors (Lipinski definition) is 1. The van der Waals surface area contributed by atoms with Gasteiger partial charge in [-0.25, -0.2) is 8.78 Å². The molecule has 0 aliphatic carbocycles. The number of benzene rings is 2. The molecule has 88 valence electrons. The van der Waals surface area contributed by atoms with E-state index in [4.69, 9.17) is 0 Å². The van der Waals surface area contributed by atoms with Crippen LogP contribution in [0.1, 0.15) is 0 Å². The van der Waals surface area contributed by atoms with Gasteiger partial charge in [0.1, 0.15) is 0 Å². The molecule has 0 aromatic heterocycles. The molecule has 4 heteroatoms. The Kier molecular flexibility index (Phi) is 3.04. The summed E-state index contributed by atoms with van der Waals surface area (Å²) in [4.78, 5) is 0. The van der Waals surface area contributed by atoms with E-state index in [0.717, 1.165) is 13.2 Å². The molecule has 2 aromatic carbocycles. The lowest BCUT2D eigenvalue weighted by molar-refractivity contribution is 0.347. The summed E-state index contributed by atoms with van der Waals surface area (Å²) in [7, 11) is 1.09. The highest BCUT2D eigenvalue weighted by molar-refractivity contribution is 5.65. The maximum atomic E-state index is 13.7. The lowest BCUT2D eigenvalue weighted by Gasteiger charge is -2.09. The van der Waals surface area contributed by atoms with Crippen LogP contribution in [-0.2, 0) is 0 Å². The van der Waals surface area contributed by atoms with Gasteiger partial charge in [-0.05, 0) is 11.6 Å². The van der Waals surface area contributed by atoms with E-state index in [2.05, 4.69) is 4.74 Å². The number of methoxy groups -OCH3 is 1. The smallest absolute Gasteiger partial charge is 0.204 e. The van der Waals surface area contributed by atoms with Crippen LogP contribution in [0.3, 0.4) is 0 Å². The van der Waals surface area contributed by atoms with E-state index >= 15 is 0 Å². The quantitative estimate of drug-likeness (QED) is 0.723. The van der Waals surface area contributed by atoms with Crippen molar-refractivity contribution in [3.05, 3.63) is 53.8 Å². The van der Waals surface area contributed by atoms with Gasteiger partial charge < -0.3 is 4.74 Å². The fraction of sp³-hybridized carbons (Fsp3) is 0.0769. The molecule has 17 heavy (non-hydrogen) atoms. The van der Waals surface area contributed by atoms with Gasteiger partial charge in [0, 0.05) is 5.56 Å². The summed E-state index contributed by atoms with van der Waals surface area (Å²) in [6.45, 7) is 0. The molecule has 1 nitrogen and oxygen atoms in total. The van der Waals surface area contributed by atoms with Gasteiger partial charge in [-0.1, -0.05) is 30.3 Å². The molecule has 2 rings (SSSR count). The minimum absolute atomic E-state index is 0.124. The molecule has 0 fully saturated rings. The third-order valence-corrected chi connectivity index (χ3v) is 2.41. The molecule has 0 spiro atoms. The van der Waals surface area contributed by atoms with Crippen LogP contribution in [0.4, 0.5) is 13.2 Å². The normalized spacial score (nSPS) is 10.4. The zero-order chi connectivity index (χ0) is 12.4. The van der Waals surface area contributed by atoms with Crippen LogP contribution in [0.5, 0.6) is 5.75 Å². The Bertz CT molecular complexity index is 538. The maximum Gasteiger partial charge on any atom is 0.204 e. The largest absolute Gasteiger partial charge is 0.491 e. The van der Waals surface area contributed by atoms with E-state index in [1.54, 1.807) is 30.3 Å². The van der Waals surface area contributed by atoms with Crippen LogP contribution < -0.4 is 4.74 Å². The molecular formula is C13H9F3O. The Hall–Kier alpha value is -1.97. The van der Waals surface area contributed by atoms with Gasteiger partial charge in [0.25, 0.3) is 0 Å². The predicted molar refractivity (Wildman–Crippen MR) is 58.3 cm³/mol. The summed E-state index contributed by atoms with van der Waals surface area (Å²) >= 11 is 0. The average molecular weight is 238 g/mol. The third-order valence-electron chi connectivity index (χ3n) is 2.41. The highest BCUT2D eigenvalue weighted by atomic mass is 19.2. The van der Waals surface area contributed by atoms with Crippen molar-refractivity contribution in [1.29, 1.82) is 0 Å². The lowest BCUT2D eigenvalue weighted by Crippen LogP contribution is -1.98. The molecule has 0 radical (unpaired) electrons. The summed E-state index contributed by atoms with van der Waals surface area (Å²) in [6.07, 6.45) is 0. The highest BCUT2D eigenvalue weighted by Gasteiger charge is 2.19. The maximum absolute atomic E-state index is 13.7. The van der Waals surface area contributed by atoms with E-state index in [9.17, 15) is 13.2 Å². The predicted octanol–water partition coefficient (Wildman–Crippen LogP) is 3.78. The number of hydrogen-bond donors (Lipinski definition) is 0. The van der Waals surface area contributed by atoms with Crippen molar-refractivity contribution in [2.24, 2.45) is 0 Å². The van der Waals surface area contributed by atoms with Gasteiger partial charge in [-0.2, -0.15) is 4.39 Å². The van der Waals surface area contributed by atoms with E-state index in [0.29, 0.717) is 5.56 Å². The van der Waals surface area contributed by atoms with Gasteiger partial charge >= 0.3 is 0 Å². The van der Waals surface area contributed by atoms with Gasteiger partial charge in [-0.15, -0.1) is 0 Å². The fourth-order valence-electron chi connectivity index (χ4n) is 1.59. The second-order valence-corrected chi connectivity index (χ2v) is 3.43. The minimum atomic E-state index is -1.31. The zero-order valence-corrected chi connectivity index (χ0v) is 9.01. The molecule has 0 unspecified atom stereocenters. The van der Waals surface area contributed by atoms with E-state index < -0.39 is 23.2 Å². The second-order valence-electron chi connectivity index (χ2n) is 3.43. The zero-order valence-electron chi connectivity index (χ0n) is 9.01. The van der Waals surface area contributed by atoms with Crippen LogP contribution in [0.15, 0.2) is 36.4 Å². The van der Waals surface area contributed by atoms with Gasteiger partial charge in [0.2, 0.25) is 5.82 Å². The van der Waals surface area contributed by atoms with Crippen molar-refractivity contribution in [1.82, 2.24) is 0 Å². The molecule has 0 saturated carbocycles. The molecule has 2 aromatic rings. The number of rotatable bonds is 2. The van der Waals surface area contributed by atoms with Crippen LogP contribution in [-0.4, -0.2) is 7.11 Å². The topological polar surface area (TPSA) is 9.23 Å². The van der Waals surface area contributed by atoms with E-state index in [1.165, 1.54) is 0 Å². The molecule has 0 N–H and O–H groups in total. The SMILES string of the molecule is COc1c(F)cc(-c2ccccc2)c(F)c1F. The van der Waals surface area contributed by atoms with Gasteiger partial charge in [-0.3, -0.25) is 0 Å². The molecule has 0 aliphatic rings. The average Bonchev–Trinajstić information content (AvgIpc) is 2.35. The van der Waals surface area contributed by atoms with Gasteiger partial charge in [0.05, 0.1) is 7.11 Å². The number of ether oxygens (including phenoxy) is 1. The number of halogens is 3. The molecular weight excluding hydrogens is 229 g/mol. The van der Waals surface area contributed by atoms with Gasteiger partial charge in [0.15, 0.2) is 17.4 Å². The highest BCUT2D eigenvalue weighted by Crippen LogP contribution is 2.32. The van der Waals surface area contributed by atoms with Crippen LogP contribution in [0.2, 0.25) is 0 Å². The molecule has 0 heterocycles. The summed E-state index contributed by atoms with van der Waals surface area (Å²) in [5, 5.41) is 0. The molecule has 0 saturated heterocycles. The molecule has 0 amide bonds. The Morgan fingerprint density at radius 1 is 0.941 bits per heavy atom. The van der Waals surface area contributed by atoms with Crippen molar-refractivity contribution in [3.8, 4) is 16.9 Å². The van der Waals surface area contributed by atoms with Crippen molar-refractivity contribution >= 4 is 0 Å². The lowest BCUT2D eigenvalue weighted by atomic mass is 10.0. The Morgan fingerprint density at radius 3 is 2.18 bits per heavy atom. The first kappa shape index (κ1) is 11.5. The molecule has 0 aliphatic heterocycles. The van der Waals surface area contributed by atoms with E-state index in [1.807, 2.05) is 0 Å². The monoisotopic (exact) mass is 238 g/mol. The summed E-state index contributed by atoms with van der Waals surface area (Å²) in [5.41, 5.74) is 0.284. The first-order chi connectivity index (χ1) is 8.15. The Labute approximate surface area is 96.5 Å². The third kappa shape index (κ3) is 1.98.